The Morgan fingerprint density at radius 1 is 1.14 bits per heavy atom. The van der Waals surface area contributed by atoms with Crippen molar-refractivity contribution in [1.82, 2.24) is 9.97 Å². The molecular weight excluding hydrogens is 286 g/mol. The minimum atomic E-state index is 0. The van der Waals surface area contributed by atoms with E-state index >= 15 is 0 Å². The monoisotopic (exact) mass is 307 g/mol. The van der Waals surface area contributed by atoms with Gasteiger partial charge in [-0.25, -0.2) is 4.98 Å². The molecule has 1 aromatic heterocycles. The van der Waals surface area contributed by atoms with E-state index in [1.54, 1.807) is 0 Å². The number of benzene rings is 1. The first-order valence-electron chi connectivity index (χ1n) is 7.25. The van der Waals surface area contributed by atoms with Crippen LogP contribution in [0.15, 0.2) is 24.3 Å². The van der Waals surface area contributed by atoms with E-state index in [0.29, 0.717) is 5.82 Å². The third kappa shape index (κ3) is 3.36. The lowest BCUT2D eigenvalue weighted by Crippen LogP contribution is -2.35. The summed E-state index contributed by atoms with van der Waals surface area (Å²) in [4.78, 5) is 11.3. The smallest absolute Gasteiger partial charge is 0.227 e. The van der Waals surface area contributed by atoms with Gasteiger partial charge in [-0.3, -0.25) is 0 Å². The van der Waals surface area contributed by atoms with Crippen LogP contribution in [0.5, 0.6) is 0 Å². The summed E-state index contributed by atoms with van der Waals surface area (Å²) in [6.07, 6.45) is 3.44. The van der Waals surface area contributed by atoms with Crippen molar-refractivity contribution in [3.05, 3.63) is 24.3 Å². The predicted molar refractivity (Wildman–Crippen MR) is 89.8 cm³/mol. The maximum Gasteiger partial charge on any atom is 0.227 e. The highest BCUT2D eigenvalue weighted by molar-refractivity contribution is 5.88. The number of nitrogens with zero attached hydrogens (tertiary/aromatic N) is 3. The third-order valence-corrected chi connectivity index (χ3v) is 4.09. The van der Waals surface area contributed by atoms with Gasteiger partial charge in [0.25, 0.3) is 0 Å². The Bertz CT molecular complexity index is 596. The second kappa shape index (κ2) is 6.91. The van der Waals surface area contributed by atoms with Crippen molar-refractivity contribution in [2.75, 3.05) is 30.3 Å². The summed E-state index contributed by atoms with van der Waals surface area (Å²) in [5.41, 5.74) is 12.6. The number of piperidine rings is 1. The zero-order valence-corrected chi connectivity index (χ0v) is 12.9. The van der Waals surface area contributed by atoms with Gasteiger partial charge < -0.3 is 16.4 Å². The van der Waals surface area contributed by atoms with Crippen LogP contribution in [0.1, 0.15) is 19.3 Å². The molecule has 0 aliphatic carbocycles. The maximum absolute atomic E-state index is 6.04. The van der Waals surface area contributed by atoms with E-state index in [9.17, 15) is 0 Å². The lowest BCUT2D eigenvalue weighted by Gasteiger charge is -2.32. The van der Waals surface area contributed by atoms with Crippen LogP contribution in [0.3, 0.4) is 0 Å². The number of hydrogen-bond acceptors (Lipinski definition) is 5. The van der Waals surface area contributed by atoms with Gasteiger partial charge in [0.05, 0.1) is 5.52 Å². The fraction of sp³-hybridized carbons (Fsp3) is 0.467. The number of nitrogens with two attached hydrogens (primary N) is 2. The molecule has 0 radical (unpaired) electrons. The van der Waals surface area contributed by atoms with Crippen LogP contribution >= 0.6 is 12.4 Å². The highest BCUT2D eigenvalue weighted by Crippen LogP contribution is 2.25. The van der Waals surface area contributed by atoms with Crippen LogP contribution in [0.2, 0.25) is 0 Å². The molecule has 1 aromatic carbocycles. The number of halogens is 1. The number of nitrogen functional groups attached to an aromatic ring is 1. The van der Waals surface area contributed by atoms with E-state index in [1.165, 1.54) is 0 Å². The first kappa shape index (κ1) is 15.8. The molecule has 21 heavy (non-hydrogen) atoms. The standard InChI is InChI=1S/C15H21N5.ClH/c16-8-5-11-6-9-20(10-7-11)15-18-13-4-2-1-3-12(13)14(17)19-15;/h1-4,11H,5-10,16H2,(H2,17,18,19);1H. The molecule has 3 rings (SSSR count). The minimum absolute atomic E-state index is 0. The Morgan fingerprint density at radius 2 is 1.86 bits per heavy atom. The van der Waals surface area contributed by atoms with Crippen LogP contribution < -0.4 is 16.4 Å². The number of hydrogen-bond donors (Lipinski definition) is 2. The van der Waals surface area contributed by atoms with Crippen LogP contribution in [-0.2, 0) is 0 Å². The van der Waals surface area contributed by atoms with Gasteiger partial charge >= 0.3 is 0 Å². The highest BCUT2D eigenvalue weighted by atomic mass is 35.5. The maximum atomic E-state index is 6.04. The Hall–Kier alpha value is -1.59. The summed E-state index contributed by atoms with van der Waals surface area (Å²) >= 11 is 0. The van der Waals surface area contributed by atoms with Gasteiger partial charge in [-0.15, -0.1) is 12.4 Å². The largest absolute Gasteiger partial charge is 0.383 e. The molecule has 5 nitrogen and oxygen atoms in total. The normalized spacial score (nSPS) is 16.0. The number of fused-ring (bicyclic) bond motifs is 1. The van der Waals surface area contributed by atoms with Gasteiger partial charge in [-0.1, -0.05) is 12.1 Å². The third-order valence-electron chi connectivity index (χ3n) is 4.09. The Balaban J connectivity index is 0.00000161. The quantitative estimate of drug-likeness (QED) is 0.908. The minimum Gasteiger partial charge on any atom is -0.383 e. The molecule has 2 aromatic rings. The molecular formula is C15H22ClN5. The van der Waals surface area contributed by atoms with Crippen molar-refractivity contribution in [1.29, 1.82) is 0 Å². The number of aromatic nitrogens is 2. The Labute approximate surface area is 131 Å². The summed E-state index contributed by atoms with van der Waals surface area (Å²) in [5, 5.41) is 0.925. The molecule has 6 heteroatoms. The van der Waals surface area contributed by atoms with E-state index in [2.05, 4.69) is 14.9 Å². The van der Waals surface area contributed by atoms with Gasteiger partial charge in [-0.05, 0) is 43.9 Å². The molecule has 0 saturated carbocycles. The molecule has 0 amide bonds. The van der Waals surface area contributed by atoms with Crippen molar-refractivity contribution < 1.29 is 0 Å². The van der Waals surface area contributed by atoms with Crippen molar-refractivity contribution in [2.24, 2.45) is 11.7 Å². The van der Waals surface area contributed by atoms with Gasteiger partial charge in [0.1, 0.15) is 5.82 Å². The molecule has 0 atom stereocenters. The van der Waals surface area contributed by atoms with Crippen molar-refractivity contribution >= 4 is 35.1 Å². The van der Waals surface area contributed by atoms with E-state index in [4.69, 9.17) is 11.5 Å². The topological polar surface area (TPSA) is 81.1 Å². The SMILES string of the molecule is Cl.NCCC1CCN(c2nc(N)c3ccccc3n2)CC1. The van der Waals surface area contributed by atoms with Gasteiger partial charge in [0, 0.05) is 18.5 Å². The number of anilines is 2. The summed E-state index contributed by atoms with van der Waals surface area (Å²) in [6, 6.07) is 7.88. The molecule has 0 spiro atoms. The van der Waals surface area contributed by atoms with Crippen molar-refractivity contribution in [2.45, 2.75) is 19.3 Å². The van der Waals surface area contributed by atoms with Gasteiger partial charge in [-0.2, -0.15) is 4.98 Å². The highest BCUT2D eigenvalue weighted by Gasteiger charge is 2.21. The lowest BCUT2D eigenvalue weighted by molar-refractivity contribution is 0.384. The molecule has 1 aliphatic rings. The molecule has 2 heterocycles. The molecule has 1 aliphatic heterocycles. The second-order valence-corrected chi connectivity index (χ2v) is 5.43. The van der Waals surface area contributed by atoms with Crippen LogP contribution in [0.4, 0.5) is 11.8 Å². The average molecular weight is 308 g/mol. The molecule has 0 unspecified atom stereocenters. The molecule has 1 saturated heterocycles. The second-order valence-electron chi connectivity index (χ2n) is 5.43. The summed E-state index contributed by atoms with van der Waals surface area (Å²) < 4.78 is 0. The van der Waals surface area contributed by atoms with E-state index < -0.39 is 0 Å². The molecule has 4 N–H and O–H groups in total. The summed E-state index contributed by atoms with van der Waals surface area (Å²) in [5.74, 6) is 2.07. The van der Waals surface area contributed by atoms with E-state index in [-0.39, 0.29) is 12.4 Å². The van der Waals surface area contributed by atoms with Gasteiger partial charge in [0.15, 0.2) is 0 Å². The number of para-hydroxylation sites is 1. The van der Waals surface area contributed by atoms with Crippen LogP contribution in [-0.4, -0.2) is 29.6 Å². The van der Waals surface area contributed by atoms with Crippen LogP contribution in [0.25, 0.3) is 10.9 Å². The summed E-state index contributed by atoms with van der Waals surface area (Å²) in [6.45, 7) is 2.76. The van der Waals surface area contributed by atoms with E-state index in [1.807, 2.05) is 24.3 Å². The van der Waals surface area contributed by atoms with Crippen molar-refractivity contribution in [3.63, 3.8) is 0 Å². The zero-order valence-electron chi connectivity index (χ0n) is 12.0. The summed E-state index contributed by atoms with van der Waals surface area (Å²) in [7, 11) is 0. The van der Waals surface area contributed by atoms with Crippen LogP contribution in [0, 0.1) is 5.92 Å². The first-order chi connectivity index (χ1) is 9.78. The van der Waals surface area contributed by atoms with E-state index in [0.717, 1.165) is 61.7 Å². The molecule has 0 bridgehead atoms. The fourth-order valence-electron chi connectivity index (χ4n) is 2.89. The molecule has 114 valence electrons. The molecule has 1 fully saturated rings. The first-order valence-corrected chi connectivity index (χ1v) is 7.25. The fourth-order valence-corrected chi connectivity index (χ4v) is 2.89. The van der Waals surface area contributed by atoms with Crippen molar-refractivity contribution in [3.8, 4) is 0 Å². The zero-order chi connectivity index (χ0) is 13.9. The predicted octanol–water partition coefficient (Wildman–Crippen LogP) is 2.20. The average Bonchev–Trinajstić information content (AvgIpc) is 2.48. The Kier molecular flexibility index (Phi) is 5.20. The number of rotatable bonds is 3. The Morgan fingerprint density at radius 3 is 2.57 bits per heavy atom. The van der Waals surface area contributed by atoms with Gasteiger partial charge in [0.2, 0.25) is 5.95 Å². The lowest BCUT2D eigenvalue weighted by atomic mass is 9.94.